The Hall–Kier alpha value is -3.60. The van der Waals surface area contributed by atoms with Crippen LogP contribution in [0, 0.1) is 12.7 Å². The van der Waals surface area contributed by atoms with Crippen LogP contribution in [-0.4, -0.2) is 35.3 Å². The Morgan fingerprint density at radius 2 is 1.77 bits per heavy atom. The molecule has 1 heterocycles. The molecule has 0 aliphatic carbocycles. The molecule has 0 saturated carbocycles. The molecule has 0 radical (unpaired) electrons. The summed E-state index contributed by atoms with van der Waals surface area (Å²) in [5, 5.41) is 6.76. The molecule has 1 amide bonds. The van der Waals surface area contributed by atoms with E-state index in [1.165, 1.54) is 30.3 Å². The van der Waals surface area contributed by atoms with E-state index in [0.29, 0.717) is 23.8 Å². The standard InChI is InChI=1S/C28H28ClFN4O4S/c1-18(2)28-32-26(33-38-28)15-20-9-11-21(12-10-20)31-27(35)17-34(16-23-24(29)5-4-6-25(23)30)39(36,37)22-13-7-19(3)8-14-22/h4-14,18H,15-17H2,1-3H3,(H,31,35). The van der Waals surface area contributed by atoms with E-state index < -0.39 is 34.8 Å². The second-order valence-electron chi connectivity index (χ2n) is 9.41. The highest BCUT2D eigenvalue weighted by atomic mass is 35.5. The Balaban J connectivity index is 1.50. The number of hydrogen-bond acceptors (Lipinski definition) is 6. The number of carbonyl (C=O) groups excluding carboxylic acids is 1. The zero-order chi connectivity index (χ0) is 28.2. The molecule has 8 nitrogen and oxygen atoms in total. The summed E-state index contributed by atoms with van der Waals surface area (Å²) in [6.07, 6.45) is 0.455. The molecular formula is C28H28ClFN4O4S. The number of aryl methyl sites for hydroxylation is 1. The molecule has 11 heteroatoms. The molecule has 0 aliphatic rings. The Labute approximate surface area is 231 Å². The fourth-order valence-corrected chi connectivity index (χ4v) is 5.36. The van der Waals surface area contributed by atoms with Gasteiger partial charge in [-0.25, -0.2) is 12.8 Å². The number of halogens is 2. The van der Waals surface area contributed by atoms with E-state index in [1.54, 1.807) is 36.4 Å². The summed E-state index contributed by atoms with van der Waals surface area (Å²) in [6.45, 7) is 4.79. The average Bonchev–Trinajstić information content (AvgIpc) is 3.36. The van der Waals surface area contributed by atoms with Crippen molar-refractivity contribution in [1.29, 1.82) is 0 Å². The molecule has 0 bridgehead atoms. The first-order valence-corrected chi connectivity index (χ1v) is 14.1. The highest BCUT2D eigenvalue weighted by Gasteiger charge is 2.28. The van der Waals surface area contributed by atoms with E-state index in [-0.39, 0.29) is 21.4 Å². The van der Waals surface area contributed by atoms with Gasteiger partial charge in [-0.15, -0.1) is 0 Å². The van der Waals surface area contributed by atoms with Crippen LogP contribution in [0.3, 0.4) is 0 Å². The zero-order valence-electron chi connectivity index (χ0n) is 21.7. The van der Waals surface area contributed by atoms with Crippen molar-refractivity contribution in [2.24, 2.45) is 0 Å². The van der Waals surface area contributed by atoms with Gasteiger partial charge in [0.05, 0.1) is 11.4 Å². The lowest BCUT2D eigenvalue weighted by atomic mass is 10.1. The molecule has 0 unspecified atom stereocenters. The minimum absolute atomic E-state index is 0.0141. The van der Waals surface area contributed by atoms with Crippen LogP contribution in [0.4, 0.5) is 10.1 Å². The van der Waals surface area contributed by atoms with Crippen molar-refractivity contribution in [2.75, 3.05) is 11.9 Å². The summed E-state index contributed by atoms with van der Waals surface area (Å²) >= 11 is 6.17. The normalized spacial score (nSPS) is 11.8. The highest BCUT2D eigenvalue weighted by molar-refractivity contribution is 7.89. The van der Waals surface area contributed by atoms with Gasteiger partial charge in [0.25, 0.3) is 0 Å². The fourth-order valence-electron chi connectivity index (χ4n) is 3.77. The molecule has 4 rings (SSSR count). The van der Waals surface area contributed by atoms with Crippen LogP contribution in [0.5, 0.6) is 0 Å². The predicted molar refractivity (Wildman–Crippen MR) is 146 cm³/mol. The number of rotatable bonds is 10. The molecule has 0 aliphatic heterocycles. The largest absolute Gasteiger partial charge is 0.339 e. The van der Waals surface area contributed by atoms with E-state index >= 15 is 0 Å². The van der Waals surface area contributed by atoms with Gasteiger partial charge in [0, 0.05) is 35.2 Å². The lowest BCUT2D eigenvalue weighted by Crippen LogP contribution is -2.37. The van der Waals surface area contributed by atoms with Crippen molar-refractivity contribution in [1.82, 2.24) is 14.4 Å². The number of anilines is 1. The van der Waals surface area contributed by atoms with Crippen LogP contribution in [0.25, 0.3) is 0 Å². The number of nitrogens with zero attached hydrogens (tertiary/aromatic N) is 3. The quantitative estimate of drug-likeness (QED) is 0.262. The van der Waals surface area contributed by atoms with E-state index in [1.807, 2.05) is 20.8 Å². The number of nitrogens with one attached hydrogen (secondary N) is 1. The van der Waals surface area contributed by atoms with Crippen molar-refractivity contribution >= 4 is 33.2 Å². The third-order valence-electron chi connectivity index (χ3n) is 5.95. The summed E-state index contributed by atoms with van der Waals surface area (Å²) in [6, 6.07) is 17.3. The zero-order valence-corrected chi connectivity index (χ0v) is 23.3. The molecule has 4 aromatic rings. The monoisotopic (exact) mass is 570 g/mol. The van der Waals surface area contributed by atoms with Crippen molar-refractivity contribution in [3.8, 4) is 0 Å². The fraction of sp³-hybridized carbons (Fsp3) is 0.250. The minimum Gasteiger partial charge on any atom is -0.339 e. The van der Waals surface area contributed by atoms with E-state index in [0.717, 1.165) is 15.4 Å². The number of benzene rings is 3. The Morgan fingerprint density at radius 3 is 2.38 bits per heavy atom. The lowest BCUT2D eigenvalue weighted by molar-refractivity contribution is -0.116. The first-order valence-electron chi connectivity index (χ1n) is 12.2. The Bertz CT molecular complexity index is 1540. The van der Waals surface area contributed by atoms with Crippen LogP contribution in [0.2, 0.25) is 5.02 Å². The summed E-state index contributed by atoms with van der Waals surface area (Å²) in [5.41, 5.74) is 2.23. The number of carbonyl (C=O) groups is 1. The minimum atomic E-state index is -4.16. The summed E-state index contributed by atoms with van der Waals surface area (Å²) in [4.78, 5) is 17.3. The lowest BCUT2D eigenvalue weighted by Gasteiger charge is -2.23. The number of amides is 1. The van der Waals surface area contributed by atoms with Crippen molar-refractivity contribution in [3.05, 3.63) is 106 Å². The molecule has 0 atom stereocenters. The van der Waals surface area contributed by atoms with Gasteiger partial charge in [-0.1, -0.05) is 66.5 Å². The van der Waals surface area contributed by atoms with Gasteiger partial charge in [0.15, 0.2) is 5.82 Å². The summed E-state index contributed by atoms with van der Waals surface area (Å²) in [7, 11) is -4.16. The molecule has 0 fully saturated rings. The second kappa shape index (κ2) is 12.1. The summed E-state index contributed by atoms with van der Waals surface area (Å²) < 4.78 is 47.7. The third kappa shape index (κ3) is 7.08. The van der Waals surface area contributed by atoms with E-state index in [9.17, 15) is 17.6 Å². The number of sulfonamides is 1. The topological polar surface area (TPSA) is 105 Å². The van der Waals surface area contributed by atoms with E-state index in [2.05, 4.69) is 15.5 Å². The van der Waals surface area contributed by atoms with Gasteiger partial charge in [-0.2, -0.15) is 9.29 Å². The molecule has 0 saturated heterocycles. The molecule has 1 N–H and O–H groups in total. The maximum Gasteiger partial charge on any atom is 0.243 e. The van der Waals surface area contributed by atoms with Crippen molar-refractivity contribution < 1.29 is 22.1 Å². The first kappa shape index (κ1) is 28.4. The highest BCUT2D eigenvalue weighted by Crippen LogP contribution is 2.25. The van der Waals surface area contributed by atoms with Gasteiger partial charge >= 0.3 is 0 Å². The van der Waals surface area contributed by atoms with Crippen molar-refractivity contribution in [2.45, 2.75) is 44.6 Å². The SMILES string of the molecule is Cc1ccc(S(=O)(=O)N(CC(=O)Nc2ccc(Cc3noc(C(C)C)n3)cc2)Cc2c(F)cccc2Cl)cc1. The molecule has 39 heavy (non-hydrogen) atoms. The molecule has 0 spiro atoms. The van der Waals surface area contributed by atoms with Gasteiger partial charge < -0.3 is 9.84 Å². The van der Waals surface area contributed by atoms with Crippen LogP contribution < -0.4 is 5.32 Å². The van der Waals surface area contributed by atoms with Gasteiger partial charge in [-0.3, -0.25) is 4.79 Å². The van der Waals surface area contributed by atoms with Crippen LogP contribution in [-0.2, 0) is 27.8 Å². The smallest absolute Gasteiger partial charge is 0.243 e. The van der Waals surface area contributed by atoms with Gasteiger partial charge in [0.1, 0.15) is 5.82 Å². The molecule has 1 aromatic heterocycles. The first-order chi connectivity index (χ1) is 18.5. The molecular weight excluding hydrogens is 543 g/mol. The third-order valence-corrected chi connectivity index (χ3v) is 8.11. The van der Waals surface area contributed by atoms with Crippen LogP contribution in [0.15, 0.2) is 76.1 Å². The predicted octanol–water partition coefficient (Wildman–Crippen LogP) is 5.71. The van der Waals surface area contributed by atoms with E-state index in [4.69, 9.17) is 16.1 Å². The second-order valence-corrected chi connectivity index (χ2v) is 11.8. The Kier molecular flexibility index (Phi) is 8.79. The maximum atomic E-state index is 14.6. The number of aromatic nitrogens is 2. The number of hydrogen-bond donors (Lipinski definition) is 1. The summed E-state index contributed by atoms with van der Waals surface area (Å²) in [5.74, 6) is -0.00191. The Morgan fingerprint density at radius 1 is 1.08 bits per heavy atom. The maximum absolute atomic E-state index is 14.6. The van der Waals surface area contributed by atoms with Crippen molar-refractivity contribution in [3.63, 3.8) is 0 Å². The van der Waals surface area contributed by atoms with Crippen LogP contribution in [0.1, 0.15) is 48.2 Å². The molecule has 3 aromatic carbocycles. The molecule has 204 valence electrons. The average molecular weight is 571 g/mol. The van der Waals surface area contributed by atoms with Gasteiger partial charge in [-0.05, 0) is 48.9 Å². The van der Waals surface area contributed by atoms with Crippen LogP contribution >= 0.6 is 11.6 Å². The van der Waals surface area contributed by atoms with Gasteiger partial charge in [0.2, 0.25) is 21.8 Å².